The Hall–Kier alpha value is -3.54. The molecular weight excluding hydrogens is 464 g/mol. The number of benzene rings is 1. The van der Waals surface area contributed by atoms with E-state index in [1.165, 1.54) is 4.90 Å². The maximum absolute atomic E-state index is 12.8. The number of amides is 2. The number of hydrogen-bond donors (Lipinski definition) is 3. The molecule has 0 bridgehead atoms. The second kappa shape index (κ2) is 11.0. The van der Waals surface area contributed by atoms with Crippen molar-refractivity contribution in [1.82, 2.24) is 24.8 Å². The first-order valence-electron chi connectivity index (χ1n) is 11.9. The summed E-state index contributed by atoms with van der Waals surface area (Å²) in [6.45, 7) is 4.37. The maximum Gasteiger partial charge on any atom is 0.410 e. The fourth-order valence-corrected chi connectivity index (χ4v) is 3.90. The van der Waals surface area contributed by atoms with Crippen molar-refractivity contribution in [2.75, 3.05) is 19.7 Å². The van der Waals surface area contributed by atoms with Crippen molar-refractivity contribution in [3.05, 3.63) is 65.6 Å². The minimum atomic E-state index is -1.11. The van der Waals surface area contributed by atoms with Gasteiger partial charge in [-0.05, 0) is 38.0 Å². The predicted octanol–water partition coefficient (Wildman–Crippen LogP) is 1.54. The molecule has 1 aliphatic rings. The van der Waals surface area contributed by atoms with Crippen LogP contribution in [-0.2, 0) is 27.5 Å². The summed E-state index contributed by atoms with van der Waals surface area (Å²) in [6, 6.07) is 14.4. The average molecular weight is 497 g/mol. The van der Waals surface area contributed by atoms with Gasteiger partial charge in [-0.1, -0.05) is 36.4 Å². The molecule has 1 aliphatic heterocycles. The van der Waals surface area contributed by atoms with Crippen molar-refractivity contribution in [3.8, 4) is 0 Å². The lowest BCUT2D eigenvalue weighted by Crippen LogP contribution is -2.51. The smallest absolute Gasteiger partial charge is 0.410 e. The molecule has 192 valence electrons. The number of nitrogens with two attached hydrogens (primary N) is 1. The zero-order valence-electron chi connectivity index (χ0n) is 20.5. The zero-order chi connectivity index (χ0) is 25.7. The molecule has 1 aromatic carbocycles. The number of rotatable bonds is 9. The van der Waals surface area contributed by atoms with Gasteiger partial charge in [0.15, 0.2) is 11.5 Å². The van der Waals surface area contributed by atoms with Gasteiger partial charge in [0.25, 0.3) is 0 Å². The second-order valence-corrected chi connectivity index (χ2v) is 9.46. The Morgan fingerprint density at radius 2 is 1.94 bits per heavy atom. The first kappa shape index (κ1) is 25.5. The van der Waals surface area contributed by atoms with Crippen LogP contribution in [0.3, 0.4) is 0 Å². The SMILES string of the molecule is CC(C)(N)C(=O)N[C@H](COCc1ccccc1)c1nnc2cccc(COC(=O)N3CC[C@H](O)C3)n12. The highest BCUT2D eigenvalue weighted by Crippen LogP contribution is 2.19. The van der Waals surface area contributed by atoms with Crippen LogP contribution in [0.2, 0.25) is 0 Å². The van der Waals surface area contributed by atoms with E-state index in [-0.39, 0.29) is 25.7 Å². The van der Waals surface area contributed by atoms with Crippen molar-refractivity contribution < 1.29 is 24.2 Å². The molecule has 1 fully saturated rings. The van der Waals surface area contributed by atoms with Crippen LogP contribution in [0, 0.1) is 0 Å². The fourth-order valence-electron chi connectivity index (χ4n) is 3.90. The molecule has 4 N–H and O–H groups in total. The second-order valence-electron chi connectivity index (χ2n) is 9.46. The number of carbonyl (C=O) groups excluding carboxylic acids is 2. The number of aliphatic hydroxyl groups is 1. The molecule has 0 radical (unpaired) electrons. The Morgan fingerprint density at radius 3 is 2.64 bits per heavy atom. The molecule has 0 unspecified atom stereocenters. The van der Waals surface area contributed by atoms with E-state index >= 15 is 0 Å². The summed E-state index contributed by atoms with van der Waals surface area (Å²) in [6.07, 6.45) is -0.501. The number of aromatic nitrogens is 3. The zero-order valence-corrected chi connectivity index (χ0v) is 20.5. The summed E-state index contributed by atoms with van der Waals surface area (Å²) >= 11 is 0. The largest absolute Gasteiger partial charge is 0.443 e. The molecular formula is C25H32N6O5. The summed E-state index contributed by atoms with van der Waals surface area (Å²) in [5.41, 5.74) is 7.05. The minimum Gasteiger partial charge on any atom is -0.443 e. The summed E-state index contributed by atoms with van der Waals surface area (Å²) < 4.78 is 13.2. The van der Waals surface area contributed by atoms with E-state index in [1.54, 1.807) is 36.4 Å². The van der Waals surface area contributed by atoms with Crippen LogP contribution in [0.1, 0.15) is 43.4 Å². The summed E-state index contributed by atoms with van der Waals surface area (Å²) in [7, 11) is 0. The normalized spacial score (nSPS) is 16.8. The average Bonchev–Trinajstić information content (AvgIpc) is 3.48. The molecule has 11 nitrogen and oxygen atoms in total. The van der Waals surface area contributed by atoms with E-state index in [0.717, 1.165) is 5.56 Å². The number of carbonyl (C=O) groups is 2. The summed E-state index contributed by atoms with van der Waals surface area (Å²) in [5.74, 6) is 0.0583. The van der Waals surface area contributed by atoms with E-state index < -0.39 is 23.8 Å². The molecule has 0 saturated carbocycles. The van der Waals surface area contributed by atoms with E-state index in [4.69, 9.17) is 15.2 Å². The van der Waals surface area contributed by atoms with E-state index in [9.17, 15) is 14.7 Å². The molecule has 1 saturated heterocycles. The van der Waals surface area contributed by atoms with Crippen LogP contribution < -0.4 is 11.1 Å². The van der Waals surface area contributed by atoms with Gasteiger partial charge < -0.3 is 30.5 Å². The Kier molecular flexibility index (Phi) is 7.82. The number of β-amino-alcohol motifs (C(OH)–C–C–N with tert-alkyl or cyclic N) is 1. The van der Waals surface area contributed by atoms with Crippen molar-refractivity contribution >= 4 is 17.6 Å². The third kappa shape index (κ3) is 6.17. The van der Waals surface area contributed by atoms with E-state index in [2.05, 4.69) is 15.5 Å². The molecule has 2 aromatic heterocycles. The molecule has 3 aromatic rings. The quantitative estimate of drug-likeness (QED) is 0.405. The van der Waals surface area contributed by atoms with Crippen molar-refractivity contribution in [2.45, 2.75) is 51.2 Å². The van der Waals surface area contributed by atoms with Crippen LogP contribution in [0.5, 0.6) is 0 Å². The Morgan fingerprint density at radius 1 is 1.17 bits per heavy atom. The van der Waals surface area contributed by atoms with Crippen molar-refractivity contribution in [3.63, 3.8) is 0 Å². The third-order valence-electron chi connectivity index (χ3n) is 5.90. The van der Waals surface area contributed by atoms with Crippen molar-refractivity contribution in [1.29, 1.82) is 0 Å². The van der Waals surface area contributed by atoms with Gasteiger partial charge in [-0.15, -0.1) is 10.2 Å². The first-order valence-corrected chi connectivity index (χ1v) is 11.9. The van der Waals surface area contributed by atoms with Gasteiger partial charge in [0, 0.05) is 13.1 Å². The van der Waals surface area contributed by atoms with Gasteiger partial charge in [-0.2, -0.15) is 0 Å². The minimum absolute atomic E-state index is 0.0400. The lowest BCUT2D eigenvalue weighted by Gasteiger charge is -2.24. The predicted molar refractivity (Wildman–Crippen MR) is 131 cm³/mol. The number of likely N-dealkylation sites (tertiary alicyclic amines) is 1. The van der Waals surface area contributed by atoms with Crippen LogP contribution >= 0.6 is 0 Å². The van der Waals surface area contributed by atoms with Gasteiger partial charge in [-0.25, -0.2) is 4.79 Å². The number of hydrogen-bond acceptors (Lipinski definition) is 8. The van der Waals surface area contributed by atoms with Crippen LogP contribution in [0.15, 0.2) is 48.5 Å². The molecule has 36 heavy (non-hydrogen) atoms. The molecule has 2 amide bonds. The van der Waals surface area contributed by atoms with Crippen LogP contribution in [0.4, 0.5) is 4.79 Å². The lowest BCUT2D eigenvalue weighted by atomic mass is 10.1. The van der Waals surface area contributed by atoms with Gasteiger partial charge in [0.2, 0.25) is 5.91 Å². The van der Waals surface area contributed by atoms with Crippen LogP contribution in [-0.4, -0.2) is 67.9 Å². The number of nitrogens with zero attached hydrogens (tertiary/aromatic N) is 4. The standard InChI is InChI=1S/C25H32N6O5/c1-25(2,26)23(33)27-20(16-35-14-17-7-4-3-5-8-17)22-29-28-21-10-6-9-18(31(21)22)15-36-24(34)30-12-11-19(32)13-30/h3-10,19-20,32H,11-16,26H2,1-2H3,(H,27,33)/t19-,20+/m0/s1. The highest BCUT2D eigenvalue weighted by molar-refractivity contribution is 5.85. The summed E-state index contributed by atoms with van der Waals surface area (Å²) in [4.78, 5) is 26.7. The number of nitrogens with one attached hydrogen (secondary N) is 1. The lowest BCUT2D eigenvalue weighted by molar-refractivity contribution is -0.126. The Labute approximate surface area is 209 Å². The van der Waals surface area contributed by atoms with Gasteiger partial charge >= 0.3 is 6.09 Å². The van der Waals surface area contributed by atoms with Gasteiger partial charge in [0.1, 0.15) is 12.6 Å². The molecule has 4 rings (SSSR count). The molecule has 2 atom stereocenters. The van der Waals surface area contributed by atoms with Gasteiger partial charge in [-0.3, -0.25) is 9.20 Å². The molecule has 0 spiro atoms. The highest BCUT2D eigenvalue weighted by atomic mass is 16.6. The highest BCUT2D eigenvalue weighted by Gasteiger charge is 2.29. The number of aliphatic hydroxyl groups excluding tert-OH is 1. The Bertz CT molecular complexity index is 1190. The molecule has 0 aliphatic carbocycles. The maximum atomic E-state index is 12.8. The van der Waals surface area contributed by atoms with Crippen molar-refractivity contribution in [2.24, 2.45) is 5.73 Å². The summed E-state index contributed by atoms with van der Waals surface area (Å²) in [5, 5.41) is 21.2. The number of ether oxygens (including phenoxy) is 2. The topological polar surface area (TPSA) is 144 Å². The monoisotopic (exact) mass is 496 g/mol. The van der Waals surface area contributed by atoms with E-state index in [1.807, 2.05) is 30.3 Å². The third-order valence-corrected chi connectivity index (χ3v) is 5.90. The number of pyridine rings is 1. The molecule has 3 heterocycles. The van der Waals surface area contributed by atoms with Crippen LogP contribution in [0.25, 0.3) is 5.65 Å². The Balaban J connectivity index is 1.55. The van der Waals surface area contributed by atoms with Gasteiger partial charge in [0.05, 0.1) is 30.6 Å². The molecule has 11 heteroatoms. The number of fused-ring (bicyclic) bond motifs is 1. The first-order chi connectivity index (χ1) is 17.2. The fraction of sp³-hybridized carbons (Fsp3) is 0.440. The van der Waals surface area contributed by atoms with E-state index in [0.29, 0.717) is 36.7 Å².